The third-order valence-electron chi connectivity index (χ3n) is 5.49. The Labute approximate surface area is 179 Å². The minimum Gasteiger partial charge on any atom is -0.492 e. The Morgan fingerprint density at radius 3 is 2.50 bits per heavy atom. The second kappa shape index (κ2) is 10.4. The molecule has 1 aromatic carbocycles. The van der Waals surface area contributed by atoms with E-state index in [9.17, 15) is 4.79 Å². The number of esters is 1. The molecule has 1 saturated heterocycles. The summed E-state index contributed by atoms with van der Waals surface area (Å²) in [5.74, 6) is 2.06. The summed E-state index contributed by atoms with van der Waals surface area (Å²) in [6.45, 7) is 14.1. The Kier molecular flexibility index (Phi) is 7.69. The van der Waals surface area contributed by atoms with E-state index in [0.717, 1.165) is 44.3 Å². The summed E-state index contributed by atoms with van der Waals surface area (Å²) < 4.78 is 11.0. The van der Waals surface area contributed by atoms with Crippen molar-refractivity contribution in [2.24, 2.45) is 0 Å². The number of aromatic nitrogens is 1. The number of pyridine rings is 1. The van der Waals surface area contributed by atoms with Gasteiger partial charge in [-0.15, -0.1) is 0 Å². The lowest BCUT2D eigenvalue weighted by atomic mass is 9.98. The van der Waals surface area contributed by atoms with Crippen LogP contribution >= 0.6 is 0 Å². The van der Waals surface area contributed by atoms with E-state index in [2.05, 4.69) is 53.8 Å². The second-order valence-electron chi connectivity index (χ2n) is 7.98. The number of aryl methyl sites for hydroxylation is 1. The Morgan fingerprint density at radius 2 is 1.90 bits per heavy atom. The van der Waals surface area contributed by atoms with Gasteiger partial charge in [-0.05, 0) is 55.2 Å². The maximum absolute atomic E-state index is 11.7. The largest absolute Gasteiger partial charge is 0.492 e. The molecule has 0 bridgehead atoms. The van der Waals surface area contributed by atoms with Crippen molar-refractivity contribution in [2.45, 2.75) is 33.6 Å². The van der Waals surface area contributed by atoms with Crippen LogP contribution in [-0.4, -0.2) is 61.8 Å². The molecule has 6 heteroatoms. The molecule has 0 amide bonds. The van der Waals surface area contributed by atoms with Gasteiger partial charge in [0.1, 0.15) is 18.2 Å². The van der Waals surface area contributed by atoms with E-state index in [1.165, 1.54) is 11.1 Å². The van der Waals surface area contributed by atoms with Crippen LogP contribution in [0.5, 0.6) is 5.75 Å². The maximum Gasteiger partial charge on any atom is 0.339 e. The number of benzene rings is 1. The first-order valence-electron chi connectivity index (χ1n) is 10.8. The molecule has 0 spiro atoms. The number of ether oxygens (including phenoxy) is 2. The van der Waals surface area contributed by atoms with Crippen LogP contribution in [0, 0.1) is 6.92 Å². The minimum atomic E-state index is -0.324. The van der Waals surface area contributed by atoms with E-state index in [0.29, 0.717) is 24.7 Å². The van der Waals surface area contributed by atoms with Gasteiger partial charge in [-0.25, -0.2) is 9.78 Å². The molecule has 6 nitrogen and oxygen atoms in total. The van der Waals surface area contributed by atoms with E-state index in [-0.39, 0.29) is 5.97 Å². The fourth-order valence-corrected chi connectivity index (χ4v) is 3.79. The fraction of sp³-hybridized carbons (Fsp3) is 0.500. The molecule has 0 N–H and O–H groups in total. The average molecular weight is 412 g/mol. The van der Waals surface area contributed by atoms with Gasteiger partial charge >= 0.3 is 5.97 Å². The van der Waals surface area contributed by atoms with Gasteiger partial charge in [0.2, 0.25) is 0 Å². The molecule has 3 rings (SSSR count). The molecule has 0 saturated carbocycles. The lowest BCUT2D eigenvalue weighted by Gasteiger charge is -2.35. The number of carbonyl (C=O) groups is 1. The van der Waals surface area contributed by atoms with Crippen molar-refractivity contribution in [1.29, 1.82) is 0 Å². The molecule has 1 aliphatic heterocycles. The highest BCUT2D eigenvalue weighted by atomic mass is 16.5. The summed E-state index contributed by atoms with van der Waals surface area (Å²) in [5.41, 5.74) is 3.16. The van der Waals surface area contributed by atoms with Gasteiger partial charge in [-0.1, -0.05) is 19.9 Å². The van der Waals surface area contributed by atoms with E-state index < -0.39 is 0 Å². The third-order valence-corrected chi connectivity index (χ3v) is 5.49. The summed E-state index contributed by atoms with van der Waals surface area (Å²) in [4.78, 5) is 20.9. The topological polar surface area (TPSA) is 54.9 Å². The van der Waals surface area contributed by atoms with Crippen LogP contribution in [0.2, 0.25) is 0 Å². The zero-order valence-corrected chi connectivity index (χ0v) is 18.6. The summed E-state index contributed by atoms with van der Waals surface area (Å²) in [7, 11) is 0. The van der Waals surface area contributed by atoms with Crippen molar-refractivity contribution in [3.8, 4) is 5.75 Å². The Morgan fingerprint density at radius 1 is 1.13 bits per heavy atom. The number of piperazine rings is 1. The van der Waals surface area contributed by atoms with Crippen molar-refractivity contribution >= 4 is 11.8 Å². The highest BCUT2D eigenvalue weighted by Crippen LogP contribution is 2.23. The predicted octanol–water partition coefficient (Wildman–Crippen LogP) is 3.89. The van der Waals surface area contributed by atoms with E-state index >= 15 is 0 Å². The van der Waals surface area contributed by atoms with Gasteiger partial charge in [0, 0.05) is 38.9 Å². The molecule has 30 heavy (non-hydrogen) atoms. The smallest absolute Gasteiger partial charge is 0.339 e. The van der Waals surface area contributed by atoms with Crippen LogP contribution in [-0.2, 0) is 4.74 Å². The van der Waals surface area contributed by atoms with Gasteiger partial charge in [-0.3, -0.25) is 4.90 Å². The van der Waals surface area contributed by atoms with Crippen LogP contribution < -0.4 is 9.64 Å². The summed E-state index contributed by atoms with van der Waals surface area (Å²) in [6, 6.07) is 10.1. The Hall–Kier alpha value is -2.60. The SMILES string of the molecule is CCOC(=O)c1ccc(N2CCN(CCOc3ccc(C(C)C)c(C)c3)CC2)nc1. The standard InChI is InChI=1S/C24H33N3O3/c1-5-29-24(28)20-6-9-23(25-17-20)27-12-10-26(11-13-27)14-15-30-21-7-8-22(18(2)3)19(4)16-21/h6-9,16-18H,5,10-15H2,1-4H3. The first kappa shape index (κ1) is 22.1. The number of carbonyl (C=O) groups excluding carboxylic acids is 1. The van der Waals surface area contributed by atoms with Gasteiger partial charge in [-0.2, -0.15) is 0 Å². The molecule has 1 aliphatic rings. The van der Waals surface area contributed by atoms with Crippen molar-refractivity contribution in [3.05, 3.63) is 53.2 Å². The number of hydrogen-bond acceptors (Lipinski definition) is 6. The zero-order chi connectivity index (χ0) is 21.5. The van der Waals surface area contributed by atoms with Crippen molar-refractivity contribution < 1.29 is 14.3 Å². The highest BCUT2D eigenvalue weighted by molar-refractivity contribution is 5.89. The maximum atomic E-state index is 11.7. The van der Waals surface area contributed by atoms with Gasteiger partial charge < -0.3 is 14.4 Å². The Balaban J connectivity index is 1.42. The van der Waals surface area contributed by atoms with Gasteiger partial charge in [0.05, 0.1) is 12.2 Å². The summed E-state index contributed by atoms with van der Waals surface area (Å²) >= 11 is 0. The average Bonchev–Trinajstić information content (AvgIpc) is 2.74. The molecule has 0 unspecified atom stereocenters. The molecule has 2 heterocycles. The third kappa shape index (κ3) is 5.72. The quantitative estimate of drug-likeness (QED) is 0.614. The van der Waals surface area contributed by atoms with E-state index in [1.54, 1.807) is 19.2 Å². The van der Waals surface area contributed by atoms with Crippen LogP contribution in [0.25, 0.3) is 0 Å². The lowest BCUT2D eigenvalue weighted by molar-refractivity contribution is 0.0526. The molecular weight excluding hydrogens is 378 g/mol. The second-order valence-corrected chi connectivity index (χ2v) is 7.98. The molecule has 2 aromatic rings. The number of nitrogens with zero attached hydrogens (tertiary/aromatic N) is 3. The van der Waals surface area contributed by atoms with Gasteiger partial charge in [0.25, 0.3) is 0 Å². The van der Waals surface area contributed by atoms with E-state index in [1.807, 2.05) is 6.07 Å². The van der Waals surface area contributed by atoms with Crippen LogP contribution in [0.15, 0.2) is 36.5 Å². The van der Waals surface area contributed by atoms with Crippen molar-refractivity contribution in [2.75, 3.05) is 50.8 Å². The molecular formula is C24H33N3O3. The first-order valence-corrected chi connectivity index (χ1v) is 10.8. The van der Waals surface area contributed by atoms with Crippen LogP contribution in [0.4, 0.5) is 5.82 Å². The first-order chi connectivity index (χ1) is 14.5. The molecule has 0 atom stereocenters. The van der Waals surface area contributed by atoms with E-state index in [4.69, 9.17) is 9.47 Å². The van der Waals surface area contributed by atoms with Crippen LogP contribution in [0.3, 0.4) is 0 Å². The monoisotopic (exact) mass is 411 g/mol. The summed E-state index contributed by atoms with van der Waals surface area (Å²) in [6.07, 6.45) is 1.60. The van der Waals surface area contributed by atoms with Crippen molar-refractivity contribution in [1.82, 2.24) is 9.88 Å². The zero-order valence-electron chi connectivity index (χ0n) is 18.6. The molecule has 0 radical (unpaired) electrons. The lowest BCUT2D eigenvalue weighted by Crippen LogP contribution is -2.47. The molecule has 0 aliphatic carbocycles. The minimum absolute atomic E-state index is 0.324. The molecule has 1 fully saturated rings. The Bertz CT molecular complexity index is 828. The summed E-state index contributed by atoms with van der Waals surface area (Å²) in [5, 5.41) is 0. The van der Waals surface area contributed by atoms with Crippen LogP contribution in [0.1, 0.15) is 48.2 Å². The highest BCUT2D eigenvalue weighted by Gasteiger charge is 2.18. The number of anilines is 1. The number of hydrogen-bond donors (Lipinski definition) is 0. The fourth-order valence-electron chi connectivity index (χ4n) is 3.79. The number of rotatable bonds is 8. The normalized spacial score (nSPS) is 14.8. The van der Waals surface area contributed by atoms with Crippen molar-refractivity contribution in [3.63, 3.8) is 0 Å². The molecule has 162 valence electrons. The predicted molar refractivity (Wildman–Crippen MR) is 120 cm³/mol. The molecule has 1 aromatic heterocycles. The van der Waals surface area contributed by atoms with Gasteiger partial charge in [0.15, 0.2) is 0 Å².